The van der Waals surface area contributed by atoms with Gasteiger partial charge < -0.3 is 4.43 Å². The Kier molecular flexibility index (Phi) is 4.64. The zero-order valence-electron chi connectivity index (χ0n) is 14.7. The third kappa shape index (κ3) is 3.21. The molecule has 11 heteroatoms. The van der Waals surface area contributed by atoms with Crippen LogP contribution < -0.4 is 0 Å². The number of rotatable bonds is 2. The maximum Gasteiger partial charge on any atom is 0.426 e. The van der Waals surface area contributed by atoms with Crippen LogP contribution in [0.1, 0.15) is 5.56 Å². The van der Waals surface area contributed by atoms with E-state index >= 15 is 0 Å². The summed E-state index contributed by atoms with van der Waals surface area (Å²) in [4.78, 5) is 3.77. The number of nitrogens with zero attached hydrogens (tertiary/aromatic N) is 1. The van der Waals surface area contributed by atoms with E-state index in [2.05, 4.69) is 4.99 Å². The van der Waals surface area contributed by atoms with Crippen LogP contribution in [0, 0.1) is 5.82 Å². The molecule has 0 spiro atoms. The normalized spacial score (nSPS) is 22.3. The van der Waals surface area contributed by atoms with Crippen molar-refractivity contribution in [1.82, 2.24) is 0 Å². The maximum absolute atomic E-state index is 14.3. The van der Waals surface area contributed by atoms with E-state index in [0.29, 0.717) is 6.08 Å². The molecule has 0 N–H and O–H groups in total. The SMILES string of the molecule is C[Si](C)(C)OC1(C(F)(F)F)C(C(F)(F)F)=CC=C2C1=Nc1c(Cl)cc(F)cc12. The molecule has 0 saturated carbocycles. The van der Waals surface area contributed by atoms with E-state index < -0.39 is 43.4 Å². The van der Waals surface area contributed by atoms with Crippen molar-refractivity contribution in [3.8, 4) is 0 Å². The average molecular weight is 444 g/mol. The molecule has 1 heterocycles. The van der Waals surface area contributed by atoms with Crippen LogP contribution in [0.4, 0.5) is 36.4 Å². The van der Waals surface area contributed by atoms with Crippen molar-refractivity contribution in [3.05, 3.63) is 46.3 Å². The minimum absolute atomic E-state index is 0.120. The molecule has 152 valence electrons. The molecular weight excluding hydrogens is 431 g/mol. The molecule has 1 aliphatic carbocycles. The van der Waals surface area contributed by atoms with Gasteiger partial charge in [0, 0.05) is 11.1 Å². The van der Waals surface area contributed by atoms with E-state index in [9.17, 15) is 30.7 Å². The van der Waals surface area contributed by atoms with Gasteiger partial charge in [-0.15, -0.1) is 0 Å². The first-order valence-electron chi connectivity index (χ1n) is 7.93. The van der Waals surface area contributed by atoms with E-state index in [-0.39, 0.29) is 21.8 Å². The van der Waals surface area contributed by atoms with Gasteiger partial charge in [0.15, 0.2) is 8.32 Å². The third-order valence-corrected chi connectivity index (χ3v) is 5.30. The van der Waals surface area contributed by atoms with Crippen molar-refractivity contribution < 1.29 is 35.2 Å². The van der Waals surface area contributed by atoms with Crippen LogP contribution in [0.15, 0.2) is 34.9 Å². The predicted molar refractivity (Wildman–Crippen MR) is 93.8 cm³/mol. The topological polar surface area (TPSA) is 21.6 Å². The Balaban J connectivity index is 2.39. The summed E-state index contributed by atoms with van der Waals surface area (Å²) in [6.07, 6.45) is -9.68. The average Bonchev–Trinajstić information content (AvgIpc) is 2.83. The van der Waals surface area contributed by atoms with Crippen molar-refractivity contribution >= 4 is 36.9 Å². The largest absolute Gasteiger partial charge is 0.426 e. The van der Waals surface area contributed by atoms with Crippen molar-refractivity contribution in [2.24, 2.45) is 4.99 Å². The number of benzene rings is 1. The van der Waals surface area contributed by atoms with E-state index in [4.69, 9.17) is 16.0 Å². The molecule has 1 aromatic rings. The molecule has 0 amide bonds. The number of alkyl halides is 6. The fourth-order valence-corrected chi connectivity index (χ4v) is 4.72. The molecule has 2 nitrogen and oxygen atoms in total. The molecule has 1 unspecified atom stereocenters. The molecular formula is C17H13ClF7NOSi. The summed E-state index contributed by atoms with van der Waals surface area (Å²) < 4.78 is 103. The number of halogens is 8. The van der Waals surface area contributed by atoms with Crippen LogP contribution in [0.5, 0.6) is 0 Å². The van der Waals surface area contributed by atoms with Crippen LogP contribution in [0.2, 0.25) is 24.7 Å². The lowest BCUT2D eigenvalue weighted by Crippen LogP contribution is -2.62. The number of aliphatic imine (C=N–C) groups is 1. The van der Waals surface area contributed by atoms with Gasteiger partial charge in [0.05, 0.1) is 22.0 Å². The number of hydrogen-bond acceptors (Lipinski definition) is 2. The first-order chi connectivity index (χ1) is 12.6. The predicted octanol–water partition coefficient (Wildman–Crippen LogP) is 6.60. The van der Waals surface area contributed by atoms with Gasteiger partial charge in [0.25, 0.3) is 0 Å². The molecule has 0 aromatic heterocycles. The molecule has 0 fully saturated rings. The van der Waals surface area contributed by atoms with Crippen LogP contribution in [-0.4, -0.2) is 32.0 Å². The van der Waals surface area contributed by atoms with Crippen LogP contribution in [0.3, 0.4) is 0 Å². The zero-order chi connectivity index (χ0) is 21.3. The first kappa shape index (κ1) is 21.1. The smallest absolute Gasteiger partial charge is 0.396 e. The summed E-state index contributed by atoms with van der Waals surface area (Å²) in [6.45, 7) is 4.01. The number of fused-ring (bicyclic) bond motifs is 3. The Morgan fingerprint density at radius 2 is 1.64 bits per heavy atom. The number of allylic oxidation sites excluding steroid dienone is 2. The van der Waals surface area contributed by atoms with Gasteiger partial charge in [0.1, 0.15) is 5.82 Å². The molecule has 3 rings (SSSR count). The summed E-state index contributed by atoms with van der Waals surface area (Å²) in [5, 5.41) is -0.310. The van der Waals surface area contributed by atoms with E-state index in [1.54, 1.807) is 0 Å². The molecule has 1 aliphatic heterocycles. The molecule has 2 aliphatic rings. The molecule has 0 radical (unpaired) electrons. The molecule has 1 atom stereocenters. The lowest BCUT2D eigenvalue weighted by Gasteiger charge is -2.44. The van der Waals surface area contributed by atoms with Gasteiger partial charge in [-0.25, -0.2) is 9.38 Å². The first-order valence-corrected chi connectivity index (χ1v) is 11.7. The molecule has 0 saturated heterocycles. The second-order valence-electron chi connectivity index (χ2n) is 7.30. The van der Waals surface area contributed by atoms with Gasteiger partial charge in [0.2, 0.25) is 5.60 Å². The van der Waals surface area contributed by atoms with Crippen LogP contribution in [0.25, 0.3) is 5.57 Å². The minimum atomic E-state index is -5.49. The van der Waals surface area contributed by atoms with E-state index in [1.807, 2.05) is 0 Å². The lowest BCUT2D eigenvalue weighted by atomic mass is 9.78. The maximum atomic E-state index is 14.3. The van der Waals surface area contributed by atoms with Crippen molar-refractivity contribution in [3.63, 3.8) is 0 Å². The summed E-state index contributed by atoms with van der Waals surface area (Å²) in [5.41, 5.74) is -7.40. The highest BCUT2D eigenvalue weighted by molar-refractivity contribution is 6.70. The fraction of sp³-hybridized carbons (Fsp3) is 0.353. The summed E-state index contributed by atoms with van der Waals surface area (Å²) in [7, 11) is -3.21. The Morgan fingerprint density at radius 3 is 2.14 bits per heavy atom. The third-order valence-electron chi connectivity index (χ3n) is 4.09. The highest BCUT2D eigenvalue weighted by Gasteiger charge is 2.70. The highest BCUT2D eigenvalue weighted by Crippen LogP contribution is 2.56. The van der Waals surface area contributed by atoms with Gasteiger partial charge in [-0.3, -0.25) is 0 Å². The molecule has 28 heavy (non-hydrogen) atoms. The molecule has 1 aromatic carbocycles. The second kappa shape index (κ2) is 6.17. The van der Waals surface area contributed by atoms with Gasteiger partial charge in [-0.2, -0.15) is 26.3 Å². The Morgan fingerprint density at radius 1 is 1.04 bits per heavy atom. The van der Waals surface area contributed by atoms with Crippen LogP contribution in [-0.2, 0) is 4.43 Å². The van der Waals surface area contributed by atoms with Crippen molar-refractivity contribution in [2.45, 2.75) is 37.6 Å². The monoisotopic (exact) mass is 443 g/mol. The second-order valence-corrected chi connectivity index (χ2v) is 12.1. The van der Waals surface area contributed by atoms with Gasteiger partial charge in [-0.05, 0) is 37.8 Å². The Bertz CT molecular complexity index is 941. The van der Waals surface area contributed by atoms with Crippen molar-refractivity contribution in [2.75, 3.05) is 0 Å². The van der Waals surface area contributed by atoms with E-state index in [0.717, 1.165) is 18.2 Å². The van der Waals surface area contributed by atoms with Crippen molar-refractivity contribution in [1.29, 1.82) is 0 Å². The number of hydrogen-bond donors (Lipinski definition) is 0. The summed E-state index contributed by atoms with van der Waals surface area (Å²) in [5.74, 6) is -0.851. The minimum Gasteiger partial charge on any atom is -0.396 e. The quantitative estimate of drug-likeness (QED) is 0.372. The van der Waals surface area contributed by atoms with Gasteiger partial charge in [-0.1, -0.05) is 17.7 Å². The van der Waals surface area contributed by atoms with Gasteiger partial charge >= 0.3 is 12.4 Å². The highest BCUT2D eigenvalue weighted by atomic mass is 35.5. The van der Waals surface area contributed by atoms with E-state index in [1.165, 1.54) is 19.6 Å². The summed E-state index contributed by atoms with van der Waals surface area (Å²) in [6, 6.07) is 1.71. The summed E-state index contributed by atoms with van der Waals surface area (Å²) >= 11 is 5.88. The van der Waals surface area contributed by atoms with Crippen LogP contribution >= 0.6 is 11.6 Å². The lowest BCUT2D eigenvalue weighted by molar-refractivity contribution is -0.228. The standard InChI is InChI=1S/C17H13ClF7NOSi/c1-28(2,3)27-15(17(23,24)25)12(16(20,21)22)5-4-9-10-6-8(19)7-11(18)13(10)26-14(9)15/h4-7H,1-3H3. The Hall–Kier alpha value is -1.65. The zero-order valence-corrected chi connectivity index (χ0v) is 16.4. The molecule has 0 bridgehead atoms. The fourth-order valence-electron chi connectivity index (χ4n) is 3.23. The Labute approximate surface area is 161 Å².